The number of rotatable bonds is 0. The average Bonchev–Trinajstić information content (AvgIpc) is 2.75. The molecule has 0 radical (unpaired) electrons. The van der Waals surface area contributed by atoms with E-state index >= 15 is 0 Å². The van der Waals surface area contributed by atoms with Gasteiger partial charge in [0, 0.05) is 18.3 Å². The Hall–Kier alpha value is -0.830. The average molecular weight is 304 g/mol. The van der Waals surface area contributed by atoms with Crippen LogP contribution in [-0.4, -0.2) is 22.1 Å². The van der Waals surface area contributed by atoms with Crippen molar-refractivity contribution in [2.75, 3.05) is 0 Å². The van der Waals surface area contributed by atoms with Crippen molar-refractivity contribution in [3.63, 3.8) is 0 Å². The van der Waals surface area contributed by atoms with E-state index in [1.165, 1.54) is 0 Å². The van der Waals surface area contributed by atoms with Crippen LogP contribution in [0.4, 0.5) is 0 Å². The predicted octanol–water partition coefficient (Wildman–Crippen LogP) is 3.62. The van der Waals surface area contributed by atoms with E-state index in [4.69, 9.17) is 0 Å². The van der Waals surface area contributed by atoms with Crippen LogP contribution in [0.2, 0.25) is 0 Å². The number of hydrogen-bond acceptors (Lipinski definition) is 3. The highest BCUT2D eigenvalue weighted by Crippen LogP contribution is 2.65. The summed E-state index contributed by atoms with van der Waals surface area (Å²) in [7, 11) is 0. The Balaban J connectivity index is 1.72. The zero-order chi connectivity index (χ0) is 15.7. The Labute approximate surface area is 132 Å². The molecule has 122 valence electrons. The van der Waals surface area contributed by atoms with Gasteiger partial charge >= 0.3 is 0 Å². The van der Waals surface area contributed by atoms with Crippen LogP contribution in [0.25, 0.3) is 0 Å². The van der Waals surface area contributed by atoms with E-state index in [0.717, 1.165) is 32.1 Å². The first-order valence-electron chi connectivity index (χ1n) is 8.95. The lowest BCUT2D eigenvalue weighted by Gasteiger charge is -2.60. The van der Waals surface area contributed by atoms with Gasteiger partial charge in [0.05, 0.1) is 11.9 Å². The highest BCUT2D eigenvalue weighted by molar-refractivity contribution is 5.87. The first kappa shape index (κ1) is 14.7. The molecule has 4 rings (SSSR count). The SMILES string of the molecule is C[C@]12CC=C(O)CC1CC[C@@H]1[C@@H]2[C@@H](O)C[C@]2(C)C(=O)CC[C@@H]12. The quantitative estimate of drug-likeness (QED) is 0.718. The van der Waals surface area contributed by atoms with Crippen LogP contribution in [0.1, 0.15) is 58.8 Å². The molecule has 0 bridgehead atoms. The molecule has 4 aliphatic rings. The molecule has 3 heteroatoms. The summed E-state index contributed by atoms with van der Waals surface area (Å²) in [6, 6.07) is 0. The number of aliphatic hydroxyl groups excluding tert-OH is 2. The summed E-state index contributed by atoms with van der Waals surface area (Å²) >= 11 is 0. The fourth-order valence-corrected chi connectivity index (χ4v) is 6.76. The molecule has 1 unspecified atom stereocenters. The van der Waals surface area contributed by atoms with Crippen LogP contribution in [-0.2, 0) is 4.79 Å². The zero-order valence-corrected chi connectivity index (χ0v) is 13.7. The molecule has 4 aliphatic carbocycles. The fourth-order valence-electron chi connectivity index (χ4n) is 6.76. The summed E-state index contributed by atoms with van der Waals surface area (Å²) in [5, 5.41) is 20.9. The monoisotopic (exact) mass is 304 g/mol. The maximum Gasteiger partial charge on any atom is 0.139 e. The maximum atomic E-state index is 12.4. The maximum absolute atomic E-state index is 12.4. The summed E-state index contributed by atoms with van der Waals surface area (Å²) in [5.74, 6) is 2.63. The van der Waals surface area contributed by atoms with Gasteiger partial charge in [-0.25, -0.2) is 0 Å². The van der Waals surface area contributed by atoms with E-state index in [1.807, 2.05) is 6.08 Å². The molecular formula is C19H28O3. The van der Waals surface area contributed by atoms with E-state index < -0.39 is 0 Å². The van der Waals surface area contributed by atoms with Crippen molar-refractivity contribution in [2.24, 2.45) is 34.5 Å². The molecule has 2 N–H and O–H groups in total. The first-order valence-corrected chi connectivity index (χ1v) is 8.95. The standard InChI is InChI=1S/C19H28O3/c1-18-8-7-12(20)9-11(18)3-4-13-14-5-6-16(22)19(14,2)10-15(21)17(13)18/h7,11,13-15,17,20-21H,3-6,8-10H2,1-2H3/t11?,13-,14-,15-,17+,18-,19-/m0/s1. The third kappa shape index (κ3) is 1.75. The van der Waals surface area contributed by atoms with Gasteiger partial charge in [-0.2, -0.15) is 0 Å². The zero-order valence-electron chi connectivity index (χ0n) is 13.7. The molecule has 3 nitrogen and oxygen atoms in total. The summed E-state index contributed by atoms with van der Waals surface area (Å²) in [4.78, 5) is 12.4. The van der Waals surface area contributed by atoms with Gasteiger partial charge in [-0.1, -0.05) is 13.8 Å². The van der Waals surface area contributed by atoms with E-state index in [-0.39, 0.29) is 16.9 Å². The van der Waals surface area contributed by atoms with Crippen molar-refractivity contribution in [3.05, 3.63) is 11.8 Å². The molecule has 0 saturated heterocycles. The van der Waals surface area contributed by atoms with Gasteiger partial charge in [-0.05, 0) is 67.3 Å². The van der Waals surface area contributed by atoms with Gasteiger partial charge in [0.2, 0.25) is 0 Å². The largest absolute Gasteiger partial charge is 0.513 e. The number of allylic oxidation sites excluding steroid dienone is 2. The van der Waals surface area contributed by atoms with E-state index in [9.17, 15) is 15.0 Å². The van der Waals surface area contributed by atoms with Crippen molar-refractivity contribution in [1.82, 2.24) is 0 Å². The number of ketones is 1. The third-order valence-electron chi connectivity index (χ3n) is 7.94. The van der Waals surface area contributed by atoms with Crippen molar-refractivity contribution in [1.29, 1.82) is 0 Å². The molecule has 0 spiro atoms. The van der Waals surface area contributed by atoms with Crippen LogP contribution < -0.4 is 0 Å². The molecule has 0 heterocycles. The lowest BCUT2D eigenvalue weighted by Crippen LogP contribution is -2.58. The topological polar surface area (TPSA) is 57.5 Å². The normalized spacial score (nSPS) is 54.2. The second-order valence-electron chi connectivity index (χ2n) is 8.83. The van der Waals surface area contributed by atoms with Crippen molar-refractivity contribution < 1.29 is 15.0 Å². The van der Waals surface area contributed by atoms with Crippen LogP contribution in [0.15, 0.2) is 11.8 Å². The Kier molecular flexibility index (Phi) is 3.08. The summed E-state index contributed by atoms with van der Waals surface area (Å²) in [6.07, 6.45) is 7.87. The van der Waals surface area contributed by atoms with Crippen LogP contribution in [0.5, 0.6) is 0 Å². The Morgan fingerprint density at radius 2 is 2.00 bits per heavy atom. The van der Waals surface area contributed by atoms with Crippen LogP contribution in [0, 0.1) is 34.5 Å². The van der Waals surface area contributed by atoms with Crippen molar-refractivity contribution in [2.45, 2.75) is 64.9 Å². The number of fused-ring (bicyclic) bond motifs is 5. The molecule has 7 atom stereocenters. The Morgan fingerprint density at radius 3 is 2.77 bits per heavy atom. The van der Waals surface area contributed by atoms with Crippen LogP contribution in [0.3, 0.4) is 0 Å². The first-order chi connectivity index (χ1) is 10.4. The number of carbonyl (C=O) groups excluding carboxylic acids is 1. The summed E-state index contributed by atoms with van der Waals surface area (Å²) < 4.78 is 0. The summed E-state index contributed by atoms with van der Waals surface area (Å²) in [5.41, 5.74) is -0.196. The summed E-state index contributed by atoms with van der Waals surface area (Å²) in [6.45, 7) is 4.42. The molecule has 3 saturated carbocycles. The van der Waals surface area contributed by atoms with Gasteiger partial charge in [0.15, 0.2) is 0 Å². The second-order valence-corrected chi connectivity index (χ2v) is 8.83. The molecule has 0 aromatic rings. The highest BCUT2D eigenvalue weighted by Gasteiger charge is 2.62. The number of carbonyl (C=O) groups is 1. The Morgan fingerprint density at radius 1 is 1.23 bits per heavy atom. The lowest BCUT2D eigenvalue weighted by atomic mass is 9.45. The van der Waals surface area contributed by atoms with Crippen molar-refractivity contribution >= 4 is 5.78 Å². The highest BCUT2D eigenvalue weighted by atomic mass is 16.3. The predicted molar refractivity (Wildman–Crippen MR) is 84.2 cm³/mol. The Bertz CT molecular complexity index is 539. The molecule has 0 aromatic heterocycles. The second kappa shape index (κ2) is 4.59. The van der Waals surface area contributed by atoms with Gasteiger partial charge in [-0.3, -0.25) is 4.79 Å². The van der Waals surface area contributed by atoms with Crippen LogP contribution >= 0.6 is 0 Å². The molecule has 3 fully saturated rings. The number of aliphatic hydroxyl groups is 2. The smallest absolute Gasteiger partial charge is 0.139 e. The van der Waals surface area contributed by atoms with E-state index in [1.54, 1.807) is 0 Å². The third-order valence-corrected chi connectivity index (χ3v) is 7.94. The minimum absolute atomic E-state index is 0.0849. The van der Waals surface area contributed by atoms with Gasteiger partial charge < -0.3 is 10.2 Å². The van der Waals surface area contributed by atoms with Gasteiger partial charge in [-0.15, -0.1) is 0 Å². The van der Waals surface area contributed by atoms with Gasteiger partial charge in [0.1, 0.15) is 5.78 Å². The minimum Gasteiger partial charge on any atom is -0.513 e. The fraction of sp³-hybridized carbons (Fsp3) is 0.842. The molecular weight excluding hydrogens is 276 g/mol. The van der Waals surface area contributed by atoms with E-state index in [2.05, 4.69) is 13.8 Å². The number of Topliss-reactive ketones (excluding diaryl/α,β-unsaturated/α-hetero) is 1. The lowest BCUT2D eigenvalue weighted by molar-refractivity contribution is -0.163. The van der Waals surface area contributed by atoms with E-state index in [0.29, 0.717) is 48.1 Å². The van der Waals surface area contributed by atoms with Gasteiger partial charge in [0.25, 0.3) is 0 Å². The molecule has 0 amide bonds. The minimum atomic E-state index is -0.366. The molecule has 0 aromatic carbocycles. The van der Waals surface area contributed by atoms with Crippen molar-refractivity contribution in [3.8, 4) is 0 Å². The molecule has 0 aliphatic heterocycles. The number of hydrogen-bond donors (Lipinski definition) is 2. The molecule has 22 heavy (non-hydrogen) atoms.